The van der Waals surface area contributed by atoms with Crippen molar-refractivity contribution in [2.45, 2.75) is 25.4 Å². The van der Waals surface area contributed by atoms with Gasteiger partial charge in [-0.15, -0.1) is 11.3 Å². The quantitative estimate of drug-likeness (QED) is 0.573. The first-order chi connectivity index (χ1) is 13.6. The van der Waals surface area contributed by atoms with Gasteiger partial charge in [0.15, 0.2) is 11.5 Å². The third-order valence-corrected chi connectivity index (χ3v) is 6.49. The van der Waals surface area contributed by atoms with Crippen LogP contribution >= 0.6 is 11.3 Å². The lowest BCUT2D eigenvalue weighted by Crippen LogP contribution is -2.31. The Morgan fingerprint density at radius 1 is 0.893 bits per heavy atom. The Morgan fingerprint density at radius 2 is 1.61 bits per heavy atom. The Balaban J connectivity index is 1.66. The van der Waals surface area contributed by atoms with Gasteiger partial charge in [-0.25, -0.2) is 0 Å². The van der Waals surface area contributed by atoms with E-state index in [2.05, 4.69) is 0 Å². The van der Waals surface area contributed by atoms with Crippen LogP contribution in [0, 0.1) is 6.92 Å². The van der Waals surface area contributed by atoms with Crippen LogP contribution in [-0.4, -0.2) is 11.6 Å². The average molecular weight is 386 g/mol. The summed E-state index contributed by atoms with van der Waals surface area (Å²) >= 11 is 1.62. The van der Waals surface area contributed by atoms with Crippen molar-refractivity contribution in [1.29, 1.82) is 0 Å². The number of benzene rings is 2. The lowest BCUT2D eigenvalue weighted by molar-refractivity contribution is 0.0586. The molecule has 4 heteroatoms. The van der Waals surface area contributed by atoms with Gasteiger partial charge in [0.2, 0.25) is 5.78 Å². The van der Waals surface area contributed by atoms with E-state index in [9.17, 15) is 9.59 Å². The molecule has 0 saturated heterocycles. The fourth-order valence-electron chi connectivity index (χ4n) is 4.06. The lowest BCUT2D eigenvalue weighted by Gasteiger charge is -2.35. The molecule has 0 amide bonds. The maximum Gasteiger partial charge on any atom is 0.228 e. The third-order valence-electron chi connectivity index (χ3n) is 5.51. The number of ketones is 2. The second kappa shape index (κ2) is 6.57. The summed E-state index contributed by atoms with van der Waals surface area (Å²) in [4.78, 5) is 27.6. The summed E-state index contributed by atoms with van der Waals surface area (Å²) in [5.41, 5.74) is 3.62. The van der Waals surface area contributed by atoms with E-state index in [0.717, 1.165) is 10.4 Å². The fraction of sp³-hybridized carbons (Fsp3) is 0.167. The van der Waals surface area contributed by atoms with Crippen LogP contribution in [-0.2, 0) is 4.74 Å². The molecule has 2 heterocycles. The molecule has 138 valence electrons. The minimum Gasteiger partial charge on any atom is -0.481 e. The van der Waals surface area contributed by atoms with Gasteiger partial charge in [-0.3, -0.25) is 9.59 Å². The number of thiophene rings is 1. The standard InChI is InChI=1S/C24H18O3S/c1-14-8-10-15(11-9-14)19-13-18(20-7-4-12-28-20)21-22(25)16-5-2-3-6-17(16)23(26)24(21)27-19/h2-12,18-19H,13H2,1H3/t18-,19-/m1/s1. The van der Waals surface area contributed by atoms with Crippen LogP contribution in [0.5, 0.6) is 0 Å². The molecule has 3 aromatic rings. The molecule has 0 saturated carbocycles. The number of hydrogen-bond acceptors (Lipinski definition) is 4. The van der Waals surface area contributed by atoms with Crippen LogP contribution in [0.4, 0.5) is 0 Å². The zero-order chi connectivity index (χ0) is 19.3. The maximum atomic E-state index is 13.3. The van der Waals surface area contributed by atoms with Crippen LogP contribution in [0.15, 0.2) is 77.4 Å². The molecule has 3 nitrogen and oxygen atoms in total. The predicted molar refractivity (Wildman–Crippen MR) is 109 cm³/mol. The van der Waals surface area contributed by atoms with Crippen molar-refractivity contribution >= 4 is 22.9 Å². The SMILES string of the molecule is Cc1ccc([C@H]2C[C@H](c3cccs3)C3=C(O2)C(=O)c2ccccc2C3=O)cc1. The van der Waals surface area contributed by atoms with Crippen LogP contribution < -0.4 is 0 Å². The number of Topliss-reactive ketones (excluding diaryl/α,β-unsaturated/α-hetero) is 2. The van der Waals surface area contributed by atoms with E-state index in [1.165, 1.54) is 5.56 Å². The fourth-order valence-corrected chi connectivity index (χ4v) is 4.91. The van der Waals surface area contributed by atoms with Crippen molar-refractivity contribution < 1.29 is 14.3 Å². The molecular weight excluding hydrogens is 368 g/mol. The number of fused-ring (bicyclic) bond motifs is 1. The molecule has 2 atom stereocenters. The van der Waals surface area contributed by atoms with E-state index in [1.54, 1.807) is 35.6 Å². The minimum absolute atomic E-state index is 0.0917. The largest absolute Gasteiger partial charge is 0.481 e. The highest BCUT2D eigenvalue weighted by molar-refractivity contribution is 7.10. The van der Waals surface area contributed by atoms with E-state index in [-0.39, 0.29) is 29.3 Å². The normalized spacial score (nSPS) is 21.2. The van der Waals surface area contributed by atoms with Gasteiger partial charge in [0, 0.05) is 28.3 Å². The van der Waals surface area contributed by atoms with Gasteiger partial charge < -0.3 is 4.74 Å². The Kier molecular flexibility index (Phi) is 4.02. The van der Waals surface area contributed by atoms with E-state index >= 15 is 0 Å². The van der Waals surface area contributed by atoms with Crippen molar-refractivity contribution in [3.8, 4) is 0 Å². The second-order valence-electron chi connectivity index (χ2n) is 7.27. The van der Waals surface area contributed by atoms with Crippen LogP contribution in [0.2, 0.25) is 0 Å². The number of carbonyl (C=O) groups is 2. The summed E-state index contributed by atoms with van der Waals surface area (Å²) in [7, 11) is 0. The number of ether oxygens (including phenoxy) is 1. The minimum atomic E-state index is -0.256. The topological polar surface area (TPSA) is 43.4 Å². The second-order valence-corrected chi connectivity index (χ2v) is 8.25. The van der Waals surface area contributed by atoms with Gasteiger partial charge >= 0.3 is 0 Å². The van der Waals surface area contributed by atoms with Crippen molar-refractivity contribution in [2.24, 2.45) is 0 Å². The van der Waals surface area contributed by atoms with Gasteiger partial charge in [0.1, 0.15) is 6.10 Å². The summed E-state index contributed by atoms with van der Waals surface area (Å²) in [6.07, 6.45) is 0.386. The van der Waals surface area contributed by atoms with Gasteiger partial charge in [-0.05, 0) is 23.9 Å². The monoisotopic (exact) mass is 386 g/mol. The summed E-state index contributed by atoms with van der Waals surface area (Å²) in [5, 5.41) is 2.01. The average Bonchev–Trinajstić information content (AvgIpc) is 3.26. The number of carbonyl (C=O) groups excluding carboxylic acids is 2. The zero-order valence-corrected chi connectivity index (χ0v) is 16.2. The first kappa shape index (κ1) is 17.1. The van der Waals surface area contributed by atoms with Crippen molar-refractivity contribution in [3.05, 3.63) is 105 Å². The molecule has 1 aromatic heterocycles. The van der Waals surface area contributed by atoms with Gasteiger partial charge in [0.25, 0.3) is 0 Å². The van der Waals surface area contributed by atoms with Gasteiger partial charge in [0.05, 0.1) is 5.57 Å². The van der Waals surface area contributed by atoms with Gasteiger partial charge in [-0.2, -0.15) is 0 Å². The molecule has 28 heavy (non-hydrogen) atoms. The smallest absolute Gasteiger partial charge is 0.228 e. The Bertz CT molecular complexity index is 1110. The highest BCUT2D eigenvalue weighted by atomic mass is 32.1. The van der Waals surface area contributed by atoms with Crippen molar-refractivity contribution in [3.63, 3.8) is 0 Å². The van der Waals surface area contributed by atoms with E-state index in [4.69, 9.17) is 4.74 Å². The highest BCUT2D eigenvalue weighted by Gasteiger charge is 2.43. The molecule has 5 rings (SSSR count). The van der Waals surface area contributed by atoms with Crippen LogP contribution in [0.25, 0.3) is 0 Å². The molecule has 0 unspecified atom stereocenters. The Labute approximate surface area is 167 Å². The number of rotatable bonds is 2. The number of allylic oxidation sites excluding steroid dienone is 2. The molecule has 2 aromatic carbocycles. The first-order valence-corrected chi connectivity index (χ1v) is 10.2. The molecule has 2 aliphatic rings. The summed E-state index contributed by atoms with van der Waals surface area (Å²) in [6.45, 7) is 2.04. The molecule has 0 bridgehead atoms. The molecule has 1 aliphatic carbocycles. The number of hydrogen-bond donors (Lipinski definition) is 0. The molecule has 1 aliphatic heterocycles. The van der Waals surface area contributed by atoms with Crippen molar-refractivity contribution in [1.82, 2.24) is 0 Å². The highest BCUT2D eigenvalue weighted by Crippen LogP contribution is 2.47. The number of aryl methyl sites for hydroxylation is 1. The maximum absolute atomic E-state index is 13.3. The van der Waals surface area contributed by atoms with E-state index in [1.807, 2.05) is 48.7 Å². The molecular formula is C24H18O3S. The van der Waals surface area contributed by atoms with Crippen LogP contribution in [0.3, 0.4) is 0 Å². The summed E-state index contributed by atoms with van der Waals surface area (Å²) in [5.74, 6) is -0.201. The molecule has 0 radical (unpaired) electrons. The lowest BCUT2D eigenvalue weighted by atomic mass is 9.77. The molecule has 0 N–H and O–H groups in total. The van der Waals surface area contributed by atoms with E-state index < -0.39 is 0 Å². The molecule has 0 fully saturated rings. The predicted octanol–water partition coefficient (Wildman–Crippen LogP) is 5.64. The van der Waals surface area contributed by atoms with Gasteiger partial charge in [-0.1, -0.05) is 60.2 Å². The molecule has 0 spiro atoms. The first-order valence-electron chi connectivity index (χ1n) is 9.32. The zero-order valence-electron chi connectivity index (χ0n) is 15.3. The summed E-state index contributed by atoms with van der Waals surface area (Å²) in [6, 6.07) is 19.2. The van der Waals surface area contributed by atoms with Crippen molar-refractivity contribution in [2.75, 3.05) is 0 Å². The summed E-state index contributed by atoms with van der Waals surface area (Å²) < 4.78 is 6.20. The van der Waals surface area contributed by atoms with Crippen LogP contribution in [0.1, 0.15) is 55.2 Å². The van der Waals surface area contributed by atoms with E-state index in [0.29, 0.717) is 23.1 Å². The third kappa shape index (κ3) is 2.64. The Hall–Kier alpha value is -2.98. The Morgan fingerprint density at radius 3 is 2.29 bits per heavy atom.